The van der Waals surface area contributed by atoms with Crippen LogP contribution in [0.15, 0.2) is 48.5 Å². The first-order chi connectivity index (χ1) is 13.2. The molecule has 1 amide bonds. The van der Waals surface area contributed by atoms with Gasteiger partial charge in [-0.15, -0.1) is 0 Å². The molecule has 2 aromatic carbocycles. The average molecular weight is 362 g/mol. The third kappa shape index (κ3) is 4.37. The van der Waals surface area contributed by atoms with E-state index < -0.39 is 0 Å². The number of carbonyl (C=O) groups is 1. The molecule has 5 heteroatoms. The smallest absolute Gasteiger partial charge is 0.238 e. The first kappa shape index (κ1) is 17.7. The zero-order valence-electron chi connectivity index (χ0n) is 15.7. The lowest BCUT2D eigenvalue weighted by Crippen LogP contribution is -2.39. The van der Waals surface area contributed by atoms with Crippen molar-refractivity contribution in [2.75, 3.05) is 25.0 Å². The van der Waals surface area contributed by atoms with Gasteiger partial charge in [0.15, 0.2) is 0 Å². The number of nitrogens with zero attached hydrogens (tertiary/aromatic N) is 2. The summed E-state index contributed by atoms with van der Waals surface area (Å²) >= 11 is 0. The number of carbonyl (C=O) groups excluding carboxylic acids is 1. The summed E-state index contributed by atoms with van der Waals surface area (Å²) in [6, 6.07) is 16.1. The molecule has 1 aromatic heterocycles. The van der Waals surface area contributed by atoms with E-state index >= 15 is 0 Å². The highest BCUT2D eigenvalue weighted by molar-refractivity contribution is 5.92. The van der Waals surface area contributed by atoms with Crippen LogP contribution in [0.3, 0.4) is 0 Å². The molecule has 0 radical (unpaired) electrons. The van der Waals surface area contributed by atoms with E-state index in [0.717, 1.165) is 43.6 Å². The number of hydrogen-bond acceptors (Lipinski definition) is 3. The summed E-state index contributed by atoms with van der Waals surface area (Å²) in [6.07, 6.45) is 3.26. The number of nitrogens with one attached hydrogen (secondary N) is 2. The molecular formula is C22H26N4O. The number of aromatic amines is 1. The molecule has 1 aliphatic heterocycles. The van der Waals surface area contributed by atoms with Crippen molar-refractivity contribution in [1.82, 2.24) is 15.1 Å². The van der Waals surface area contributed by atoms with Gasteiger partial charge in [-0.1, -0.05) is 29.8 Å². The quantitative estimate of drug-likeness (QED) is 0.726. The number of piperidine rings is 1. The fraction of sp³-hybridized carbons (Fsp3) is 0.364. The Morgan fingerprint density at radius 2 is 1.96 bits per heavy atom. The zero-order valence-corrected chi connectivity index (χ0v) is 15.7. The Balaban J connectivity index is 1.28. The lowest BCUT2D eigenvalue weighted by atomic mass is 9.91. The van der Waals surface area contributed by atoms with Crippen molar-refractivity contribution in [3.05, 3.63) is 59.8 Å². The van der Waals surface area contributed by atoms with Crippen molar-refractivity contribution in [1.29, 1.82) is 0 Å². The number of fused-ring (bicyclic) bond motifs is 1. The second-order valence-corrected chi connectivity index (χ2v) is 7.56. The summed E-state index contributed by atoms with van der Waals surface area (Å²) in [4.78, 5) is 14.5. The number of benzene rings is 2. The summed E-state index contributed by atoms with van der Waals surface area (Å²) in [7, 11) is 0. The maximum absolute atomic E-state index is 12.2. The number of aromatic nitrogens is 2. The molecule has 1 aliphatic rings. The van der Waals surface area contributed by atoms with Crippen LogP contribution >= 0.6 is 0 Å². The van der Waals surface area contributed by atoms with Gasteiger partial charge in [-0.3, -0.25) is 14.8 Å². The number of aryl methyl sites for hydroxylation is 1. The molecule has 2 N–H and O–H groups in total. The monoisotopic (exact) mass is 362 g/mol. The fourth-order valence-electron chi connectivity index (χ4n) is 3.90. The molecule has 1 saturated heterocycles. The van der Waals surface area contributed by atoms with E-state index in [1.54, 1.807) is 0 Å². The molecule has 0 aliphatic carbocycles. The highest BCUT2D eigenvalue weighted by Gasteiger charge is 2.22. The third-order valence-electron chi connectivity index (χ3n) is 5.41. The van der Waals surface area contributed by atoms with Crippen LogP contribution < -0.4 is 5.32 Å². The molecule has 5 nitrogen and oxygen atoms in total. The van der Waals surface area contributed by atoms with Gasteiger partial charge in [0.05, 0.1) is 12.1 Å². The van der Waals surface area contributed by atoms with E-state index in [0.29, 0.717) is 12.5 Å². The molecule has 1 fully saturated rings. The first-order valence-corrected chi connectivity index (χ1v) is 9.68. The van der Waals surface area contributed by atoms with Crippen molar-refractivity contribution < 1.29 is 4.79 Å². The summed E-state index contributed by atoms with van der Waals surface area (Å²) in [5, 5.41) is 11.9. The second-order valence-electron chi connectivity index (χ2n) is 7.56. The number of rotatable bonds is 5. The van der Waals surface area contributed by atoms with Gasteiger partial charge in [0.25, 0.3) is 0 Å². The Morgan fingerprint density at radius 1 is 1.19 bits per heavy atom. The molecule has 4 rings (SSSR count). The Labute approximate surface area is 159 Å². The average Bonchev–Trinajstić information content (AvgIpc) is 3.06. The number of likely N-dealkylation sites (tertiary alicyclic amines) is 1. The Hall–Kier alpha value is -2.66. The molecule has 27 heavy (non-hydrogen) atoms. The Morgan fingerprint density at radius 3 is 2.74 bits per heavy atom. The summed E-state index contributed by atoms with van der Waals surface area (Å²) in [6.45, 7) is 4.53. The number of amides is 1. The van der Waals surface area contributed by atoms with E-state index in [1.807, 2.05) is 30.3 Å². The Bertz CT molecular complexity index is 910. The SMILES string of the molecule is Cc1ccc2n[nH]c(CC3CCN(CC(=O)Nc4ccccc4)CC3)c2c1. The van der Waals surface area contributed by atoms with Gasteiger partial charge in [0, 0.05) is 16.8 Å². The van der Waals surface area contributed by atoms with Crippen LogP contribution in [0.25, 0.3) is 10.9 Å². The maximum Gasteiger partial charge on any atom is 0.238 e. The van der Waals surface area contributed by atoms with E-state index in [-0.39, 0.29) is 5.91 Å². The van der Waals surface area contributed by atoms with Crippen LogP contribution in [-0.2, 0) is 11.2 Å². The van der Waals surface area contributed by atoms with Crippen molar-refractivity contribution in [3.63, 3.8) is 0 Å². The second kappa shape index (κ2) is 7.92. The molecule has 0 saturated carbocycles. The van der Waals surface area contributed by atoms with Gasteiger partial charge in [-0.25, -0.2) is 0 Å². The first-order valence-electron chi connectivity index (χ1n) is 9.68. The number of para-hydroxylation sites is 1. The third-order valence-corrected chi connectivity index (χ3v) is 5.41. The number of anilines is 1. The summed E-state index contributed by atoms with van der Waals surface area (Å²) in [5.74, 6) is 0.706. The molecular weight excluding hydrogens is 336 g/mol. The van der Waals surface area contributed by atoms with Crippen molar-refractivity contribution in [2.24, 2.45) is 5.92 Å². The topological polar surface area (TPSA) is 61.0 Å². The van der Waals surface area contributed by atoms with E-state index in [4.69, 9.17) is 0 Å². The van der Waals surface area contributed by atoms with Gasteiger partial charge in [0.2, 0.25) is 5.91 Å². The highest BCUT2D eigenvalue weighted by atomic mass is 16.2. The summed E-state index contributed by atoms with van der Waals surface area (Å²) in [5.41, 5.74) is 4.42. The van der Waals surface area contributed by atoms with Crippen LogP contribution in [0.5, 0.6) is 0 Å². The molecule has 140 valence electrons. The van der Waals surface area contributed by atoms with Crippen LogP contribution in [0.4, 0.5) is 5.69 Å². The zero-order chi connectivity index (χ0) is 18.6. The molecule has 0 atom stereocenters. The molecule has 0 spiro atoms. The van der Waals surface area contributed by atoms with E-state index in [1.165, 1.54) is 16.6 Å². The maximum atomic E-state index is 12.2. The minimum atomic E-state index is 0.0645. The fourth-order valence-corrected chi connectivity index (χ4v) is 3.90. The van der Waals surface area contributed by atoms with Crippen LogP contribution in [-0.4, -0.2) is 40.6 Å². The van der Waals surface area contributed by atoms with Crippen molar-refractivity contribution in [2.45, 2.75) is 26.2 Å². The van der Waals surface area contributed by atoms with Gasteiger partial charge in [-0.2, -0.15) is 5.10 Å². The van der Waals surface area contributed by atoms with Gasteiger partial charge >= 0.3 is 0 Å². The predicted molar refractivity (Wildman–Crippen MR) is 109 cm³/mol. The number of hydrogen-bond donors (Lipinski definition) is 2. The Kier molecular flexibility index (Phi) is 5.21. The van der Waals surface area contributed by atoms with Crippen LogP contribution in [0.1, 0.15) is 24.1 Å². The van der Waals surface area contributed by atoms with E-state index in [9.17, 15) is 4.79 Å². The molecule has 0 unspecified atom stereocenters. The predicted octanol–water partition coefficient (Wildman–Crippen LogP) is 3.76. The number of H-pyrrole nitrogens is 1. The normalized spacial score (nSPS) is 15.9. The summed E-state index contributed by atoms with van der Waals surface area (Å²) < 4.78 is 0. The minimum Gasteiger partial charge on any atom is -0.325 e. The molecule has 2 heterocycles. The molecule has 3 aromatic rings. The van der Waals surface area contributed by atoms with Crippen LogP contribution in [0, 0.1) is 12.8 Å². The van der Waals surface area contributed by atoms with Crippen LogP contribution in [0.2, 0.25) is 0 Å². The minimum absolute atomic E-state index is 0.0645. The lowest BCUT2D eigenvalue weighted by molar-refractivity contribution is -0.117. The molecule has 0 bridgehead atoms. The standard InChI is InChI=1S/C22H26N4O/c1-16-7-8-20-19(13-16)21(25-24-20)14-17-9-11-26(12-10-17)15-22(27)23-18-5-3-2-4-6-18/h2-8,13,17H,9-12,14-15H2,1H3,(H,23,27)(H,24,25). The largest absolute Gasteiger partial charge is 0.325 e. The van der Waals surface area contributed by atoms with Crippen molar-refractivity contribution in [3.8, 4) is 0 Å². The van der Waals surface area contributed by atoms with E-state index in [2.05, 4.69) is 45.5 Å². The highest BCUT2D eigenvalue weighted by Crippen LogP contribution is 2.25. The van der Waals surface area contributed by atoms with Gasteiger partial charge in [-0.05, 0) is 69.5 Å². The van der Waals surface area contributed by atoms with Crippen molar-refractivity contribution >= 4 is 22.5 Å². The van der Waals surface area contributed by atoms with Gasteiger partial charge in [0.1, 0.15) is 0 Å². The lowest BCUT2D eigenvalue weighted by Gasteiger charge is -2.31. The van der Waals surface area contributed by atoms with Gasteiger partial charge < -0.3 is 5.32 Å².